The van der Waals surface area contributed by atoms with Crippen molar-refractivity contribution in [1.82, 2.24) is 4.90 Å². The maximum absolute atomic E-state index is 10.7. The zero-order valence-corrected chi connectivity index (χ0v) is 7.86. The molecule has 0 spiro atoms. The Bertz CT molecular complexity index is 142. The van der Waals surface area contributed by atoms with Crippen LogP contribution in [0.1, 0.15) is 12.8 Å². The summed E-state index contributed by atoms with van der Waals surface area (Å²) in [5.41, 5.74) is 0. The molecule has 0 aromatic carbocycles. The molecule has 1 amide bonds. The van der Waals surface area contributed by atoms with Crippen molar-refractivity contribution in [2.75, 3.05) is 11.9 Å². The summed E-state index contributed by atoms with van der Waals surface area (Å²) in [4.78, 5) is 12.4. The highest BCUT2D eigenvalue weighted by atomic mass is 79.9. The molecule has 0 N–H and O–H groups in total. The third-order valence-electron chi connectivity index (χ3n) is 1.78. The number of hydrogen-bond donors (Lipinski definition) is 0. The SMILES string of the molecule is O=C(Cl)N1CCC[C@H]1CBr. The molecule has 1 atom stereocenters. The monoisotopic (exact) mass is 225 g/mol. The predicted molar refractivity (Wildman–Crippen MR) is 44.8 cm³/mol. The lowest BCUT2D eigenvalue weighted by Gasteiger charge is -2.18. The third kappa shape index (κ3) is 1.64. The standard InChI is InChI=1S/C6H9BrClNO/c7-4-5-2-1-3-9(5)6(8)10/h5H,1-4H2/t5-/m0/s1. The summed E-state index contributed by atoms with van der Waals surface area (Å²) in [5, 5.41) is 0.521. The Morgan fingerprint density at radius 2 is 2.50 bits per heavy atom. The number of carbonyl (C=O) groups excluding carboxylic acids is 1. The number of carbonyl (C=O) groups is 1. The third-order valence-corrected chi connectivity index (χ3v) is 2.75. The first kappa shape index (κ1) is 8.34. The van der Waals surface area contributed by atoms with Crippen LogP contribution in [0.3, 0.4) is 0 Å². The van der Waals surface area contributed by atoms with E-state index in [0.717, 1.165) is 24.7 Å². The highest BCUT2D eigenvalue weighted by Gasteiger charge is 2.26. The summed E-state index contributed by atoms with van der Waals surface area (Å²) in [5.74, 6) is 0. The van der Waals surface area contributed by atoms with E-state index in [9.17, 15) is 4.79 Å². The van der Waals surface area contributed by atoms with Crippen molar-refractivity contribution >= 4 is 32.9 Å². The van der Waals surface area contributed by atoms with Gasteiger partial charge in [0.25, 0.3) is 0 Å². The van der Waals surface area contributed by atoms with Gasteiger partial charge in [0.05, 0.1) is 0 Å². The number of rotatable bonds is 1. The maximum Gasteiger partial charge on any atom is 0.316 e. The minimum absolute atomic E-state index is 0.318. The molecule has 2 nitrogen and oxygen atoms in total. The van der Waals surface area contributed by atoms with E-state index in [4.69, 9.17) is 11.6 Å². The lowest BCUT2D eigenvalue weighted by Crippen LogP contribution is -2.32. The molecule has 0 unspecified atom stereocenters. The first-order valence-corrected chi connectivity index (χ1v) is 4.77. The molecule has 1 fully saturated rings. The van der Waals surface area contributed by atoms with Gasteiger partial charge in [-0.15, -0.1) is 0 Å². The van der Waals surface area contributed by atoms with Crippen LogP contribution >= 0.6 is 27.5 Å². The fraction of sp³-hybridized carbons (Fsp3) is 0.833. The van der Waals surface area contributed by atoms with Gasteiger partial charge in [-0.1, -0.05) is 15.9 Å². The van der Waals surface area contributed by atoms with Crippen LogP contribution in [0.5, 0.6) is 0 Å². The highest BCUT2D eigenvalue weighted by Crippen LogP contribution is 2.20. The Morgan fingerprint density at radius 1 is 1.80 bits per heavy atom. The van der Waals surface area contributed by atoms with Crippen LogP contribution in [-0.2, 0) is 0 Å². The molecular weight excluding hydrogens is 217 g/mol. The molecule has 1 aliphatic rings. The number of hydrogen-bond acceptors (Lipinski definition) is 1. The molecule has 4 heteroatoms. The molecule has 0 bridgehead atoms. The van der Waals surface area contributed by atoms with Crippen molar-refractivity contribution in [3.05, 3.63) is 0 Å². The Balaban J connectivity index is 2.50. The number of likely N-dealkylation sites (tertiary alicyclic amines) is 1. The van der Waals surface area contributed by atoms with Crippen molar-refractivity contribution in [1.29, 1.82) is 0 Å². The summed E-state index contributed by atoms with van der Waals surface area (Å²) < 4.78 is 0. The van der Waals surface area contributed by atoms with Gasteiger partial charge in [0.15, 0.2) is 0 Å². The van der Waals surface area contributed by atoms with Crippen LogP contribution in [0.4, 0.5) is 4.79 Å². The quantitative estimate of drug-likeness (QED) is 0.381. The van der Waals surface area contributed by atoms with Crippen molar-refractivity contribution < 1.29 is 4.79 Å². The van der Waals surface area contributed by atoms with Crippen molar-refractivity contribution in [2.24, 2.45) is 0 Å². The van der Waals surface area contributed by atoms with Gasteiger partial charge in [0.2, 0.25) is 0 Å². The van der Waals surface area contributed by atoms with Gasteiger partial charge in [0, 0.05) is 17.9 Å². The molecule has 1 rings (SSSR count). The fourth-order valence-electron chi connectivity index (χ4n) is 1.23. The molecular formula is C6H9BrClNO. The molecule has 10 heavy (non-hydrogen) atoms. The fourth-order valence-corrected chi connectivity index (χ4v) is 2.12. The molecule has 1 saturated heterocycles. The molecule has 0 radical (unpaired) electrons. The lowest BCUT2D eigenvalue weighted by atomic mass is 10.2. The second-order valence-corrected chi connectivity index (χ2v) is 3.37. The van der Waals surface area contributed by atoms with Crippen LogP contribution in [0.2, 0.25) is 0 Å². The van der Waals surface area contributed by atoms with Gasteiger partial charge >= 0.3 is 5.37 Å². The Hall–Kier alpha value is 0.240. The summed E-state index contributed by atoms with van der Waals surface area (Å²) in [6.45, 7) is 0.818. The summed E-state index contributed by atoms with van der Waals surface area (Å²) in [6, 6.07) is 0.324. The minimum atomic E-state index is -0.318. The van der Waals surface area contributed by atoms with Crippen molar-refractivity contribution in [3.8, 4) is 0 Å². The van der Waals surface area contributed by atoms with E-state index in [-0.39, 0.29) is 5.37 Å². The van der Waals surface area contributed by atoms with Gasteiger partial charge < -0.3 is 4.90 Å². The molecule has 1 aliphatic heterocycles. The van der Waals surface area contributed by atoms with E-state index in [1.54, 1.807) is 4.90 Å². The zero-order valence-electron chi connectivity index (χ0n) is 5.52. The van der Waals surface area contributed by atoms with Gasteiger partial charge in [0.1, 0.15) is 0 Å². The molecule has 58 valence electrons. The highest BCUT2D eigenvalue weighted by molar-refractivity contribution is 9.09. The van der Waals surface area contributed by atoms with Gasteiger partial charge in [-0.25, -0.2) is 0 Å². The molecule has 0 aliphatic carbocycles. The zero-order chi connectivity index (χ0) is 7.56. The van der Waals surface area contributed by atoms with E-state index >= 15 is 0 Å². The van der Waals surface area contributed by atoms with Gasteiger partial charge in [-0.05, 0) is 24.4 Å². The smallest absolute Gasteiger partial charge is 0.316 e. The summed E-state index contributed by atoms with van der Waals surface area (Å²) in [7, 11) is 0. The number of alkyl halides is 1. The average Bonchev–Trinajstić information content (AvgIpc) is 2.33. The van der Waals surface area contributed by atoms with Gasteiger partial charge in [-0.2, -0.15) is 0 Å². The van der Waals surface area contributed by atoms with Crippen LogP contribution in [0.15, 0.2) is 0 Å². The summed E-state index contributed by atoms with van der Waals surface area (Å²) in [6.07, 6.45) is 2.15. The molecule has 0 aromatic rings. The van der Waals surface area contributed by atoms with E-state index in [2.05, 4.69) is 15.9 Å². The normalized spacial score (nSPS) is 25.4. The maximum atomic E-state index is 10.7. The lowest BCUT2D eigenvalue weighted by molar-refractivity contribution is 0.221. The Kier molecular flexibility index (Phi) is 2.98. The average molecular weight is 227 g/mol. The van der Waals surface area contributed by atoms with E-state index in [0.29, 0.717) is 6.04 Å². The largest absolute Gasteiger partial charge is 0.325 e. The molecule has 1 heterocycles. The van der Waals surface area contributed by atoms with Crippen LogP contribution in [0.25, 0.3) is 0 Å². The van der Waals surface area contributed by atoms with E-state index < -0.39 is 0 Å². The van der Waals surface area contributed by atoms with Crippen molar-refractivity contribution in [3.63, 3.8) is 0 Å². The Labute approximate surface area is 73.7 Å². The first-order valence-electron chi connectivity index (χ1n) is 3.27. The van der Waals surface area contributed by atoms with Crippen LogP contribution < -0.4 is 0 Å². The molecule has 0 aromatic heterocycles. The van der Waals surface area contributed by atoms with Crippen LogP contribution in [0, 0.1) is 0 Å². The number of nitrogens with zero attached hydrogens (tertiary/aromatic N) is 1. The topological polar surface area (TPSA) is 20.3 Å². The van der Waals surface area contributed by atoms with Crippen molar-refractivity contribution in [2.45, 2.75) is 18.9 Å². The number of amides is 1. The summed E-state index contributed by atoms with van der Waals surface area (Å²) >= 11 is 8.66. The number of halogens is 2. The second kappa shape index (κ2) is 3.58. The van der Waals surface area contributed by atoms with E-state index in [1.165, 1.54) is 0 Å². The van der Waals surface area contributed by atoms with Crippen LogP contribution in [-0.4, -0.2) is 28.2 Å². The van der Waals surface area contributed by atoms with E-state index in [1.807, 2.05) is 0 Å². The van der Waals surface area contributed by atoms with Gasteiger partial charge in [-0.3, -0.25) is 4.79 Å². The Morgan fingerprint density at radius 3 is 2.90 bits per heavy atom. The first-order chi connectivity index (χ1) is 4.75. The predicted octanol–water partition coefficient (Wildman–Crippen LogP) is 2.20. The second-order valence-electron chi connectivity index (χ2n) is 2.40. The molecule has 0 saturated carbocycles. The minimum Gasteiger partial charge on any atom is -0.325 e.